The van der Waals surface area contributed by atoms with Gasteiger partial charge in [0.1, 0.15) is 23.8 Å². The smallest absolute Gasteiger partial charge is 0.410 e. The maximum Gasteiger partial charge on any atom is 0.410 e. The molecule has 1 aliphatic carbocycles. The molecule has 2 bridgehead atoms. The largest absolute Gasteiger partial charge is 0.486 e. The summed E-state index contributed by atoms with van der Waals surface area (Å²) in [7, 11) is 0. The summed E-state index contributed by atoms with van der Waals surface area (Å²) in [6, 6.07) is 4.64. The second-order valence-electron chi connectivity index (χ2n) is 10.3. The Kier molecular flexibility index (Phi) is 6.67. The third-order valence-electron chi connectivity index (χ3n) is 7.25. The van der Waals surface area contributed by atoms with Gasteiger partial charge in [0.2, 0.25) is 5.75 Å². The number of hydrogen-bond acceptors (Lipinski definition) is 10. The van der Waals surface area contributed by atoms with Gasteiger partial charge >= 0.3 is 6.09 Å². The molecule has 39 heavy (non-hydrogen) atoms. The van der Waals surface area contributed by atoms with Gasteiger partial charge in [-0.2, -0.15) is 4.98 Å². The molecule has 2 unspecified atom stereocenters. The Bertz CT molecular complexity index is 1320. The first kappa shape index (κ1) is 25.3. The van der Waals surface area contributed by atoms with Gasteiger partial charge in [-0.1, -0.05) is 5.21 Å². The zero-order valence-electron chi connectivity index (χ0n) is 21.7. The Morgan fingerprint density at radius 3 is 2.69 bits per heavy atom. The summed E-state index contributed by atoms with van der Waals surface area (Å²) in [6.45, 7) is 5.93. The molecular formula is C26H30FN7O5. The normalized spacial score (nSPS) is 23.2. The molecule has 1 aromatic carbocycles. The van der Waals surface area contributed by atoms with E-state index in [-0.39, 0.29) is 52.8 Å². The Balaban J connectivity index is 1.20. The molecule has 0 radical (unpaired) electrons. The van der Waals surface area contributed by atoms with E-state index in [1.165, 1.54) is 23.3 Å². The molecule has 3 fully saturated rings. The number of rotatable bonds is 8. The number of hydrogen-bond donors (Lipinski definition) is 1. The quantitative estimate of drug-likeness (QED) is 0.455. The number of ether oxygens (including phenoxy) is 4. The zero-order chi connectivity index (χ0) is 27.0. The predicted molar refractivity (Wildman–Crippen MR) is 136 cm³/mol. The predicted octanol–water partition coefficient (Wildman–Crippen LogP) is 3.35. The third-order valence-corrected chi connectivity index (χ3v) is 7.25. The molecule has 0 spiro atoms. The summed E-state index contributed by atoms with van der Waals surface area (Å²) < 4.78 is 40.2. The van der Waals surface area contributed by atoms with Crippen LogP contribution in [0.3, 0.4) is 0 Å². The van der Waals surface area contributed by atoms with Crippen molar-refractivity contribution in [1.82, 2.24) is 29.9 Å². The summed E-state index contributed by atoms with van der Waals surface area (Å²) in [5, 5.41) is 10.6. The number of nitrogens with zero attached hydrogens (tertiary/aromatic N) is 6. The maximum absolute atomic E-state index is 15.0. The van der Waals surface area contributed by atoms with Gasteiger partial charge in [-0.15, -0.1) is 5.10 Å². The molecule has 206 valence electrons. The average molecular weight is 540 g/mol. The monoisotopic (exact) mass is 539 g/mol. The minimum absolute atomic E-state index is 0.0697. The van der Waals surface area contributed by atoms with E-state index in [0.717, 1.165) is 12.8 Å². The summed E-state index contributed by atoms with van der Waals surface area (Å²) in [5.74, 6) is 0.158. The molecule has 13 heteroatoms. The average Bonchev–Trinajstić information content (AvgIpc) is 3.38. The highest BCUT2D eigenvalue weighted by molar-refractivity contribution is 5.69. The molecule has 2 aliphatic heterocycles. The van der Waals surface area contributed by atoms with Crippen molar-refractivity contribution in [2.45, 2.75) is 38.4 Å². The van der Waals surface area contributed by atoms with Crippen LogP contribution < -0.4 is 14.8 Å². The number of carbonyl (C=O) groups excluding carboxylic acids is 1. The molecular weight excluding hydrogens is 509 g/mol. The first-order valence-corrected chi connectivity index (χ1v) is 13.1. The van der Waals surface area contributed by atoms with Crippen molar-refractivity contribution < 1.29 is 28.1 Å². The van der Waals surface area contributed by atoms with Crippen LogP contribution in [0, 0.1) is 17.7 Å². The first-order valence-electron chi connectivity index (χ1n) is 13.1. The van der Waals surface area contributed by atoms with E-state index in [9.17, 15) is 9.18 Å². The van der Waals surface area contributed by atoms with Gasteiger partial charge in [0.15, 0.2) is 5.82 Å². The van der Waals surface area contributed by atoms with Crippen molar-refractivity contribution in [2.75, 3.05) is 38.2 Å². The third kappa shape index (κ3) is 5.31. The molecule has 2 saturated heterocycles. The zero-order valence-corrected chi connectivity index (χ0v) is 21.7. The molecule has 4 heterocycles. The highest BCUT2D eigenvalue weighted by atomic mass is 19.1. The van der Waals surface area contributed by atoms with E-state index in [4.69, 9.17) is 18.9 Å². The fourth-order valence-corrected chi connectivity index (χ4v) is 4.95. The number of amides is 1. The number of nitrogens with one attached hydrogen (secondary N) is 1. The fourth-order valence-electron chi connectivity index (χ4n) is 4.95. The molecule has 1 amide bonds. The van der Waals surface area contributed by atoms with Crippen LogP contribution in [0.15, 0.2) is 36.9 Å². The number of benzene rings is 1. The first-order chi connectivity index (χ1) is 18.9. The molecule has 2 atom stereocenters. The van der Waals surface area contributed by atoms with E-state index in [1.807, 2.05) is 13.8 Å². The SMILES string of the molecule is CCOc1c(Nc2ccc(-n3ccnn3)cc2F)ncnc1OC1C2COCC1CN(C(=O)OC1(C)CC1)C2. The fraction of sp³-hybridized carbons (Fsp3) is 0.500. The van der Waals surface area contributed by atoms with Crippen molar-refractivity contribution in [3.05, 3.63) is 42.7 Å². The molecule has 6 rings (SSSR count). The number of halogens is 1. The summed E-state index contributed by atoms with van der Waals surface area (Å²) >= 11 is 0. The second-order valence-corrected chi connectivity index (χ2v) is 10.3. The van der Waals surface area contributed by atoms with E-state index < -0.39 is 5.82 Å². The van der Waals surface area contributed by atoms with Gasteiger partial charge in [0.25, 0.3) is 5.88 Å². The lowest BCUT2D eigenvalue weighted by atomic mass is 9.84. The summed E-state index contributed by atoms with van der Waals surface area (Å²) in [4.78, 5) is 23.1. The van der Waals surface area contributed by atoms with Crippen molar-refractivity contribution in [3.63, 3.8) is 0 Å². The van der Waals surface area contributed by atoms with E-state index >= 15 is 0 Å². The molecule has 1 N–H and O–H groups in total. The Hall–Kier alpha value is -4.00. The van der Waals surface area contributed by atoms with Crippen LogP contribution in [0.2, 0.25) is 0 Å². The molecule has 1 saturated carbocycles. The number of fused-ring (bicyclic) bond motifs is 2. The Morgan fingerprint density at radius 1 is 1.23 bits per heavy atom. The number of anilines is 2. The second kappa shape index (κ2) is 10.3. The van der Waals surface area contributed by atoms with Crippen LogP contribution in [-0.4, -0.2) is 80.6 Å². The van der Waals surface area contributed by atoms with Gasteiger partial charge in [0, 0.05) is 31.0 Å². The van der Waals surface area contributed by atoms with Crippen LogP contribution in [-0.2, 0) is 9.47 Å². The molecule has 12 nitrogen and oxygen atoms in total. The Morgan fingerprint density at radius 2 is 2.03 bits per heavy atom. The van der Waals surface area contributed by atoms with Gasteiger partial charge in [0.05, 0.1) is 43.6 Å². The van der Waals surface area contributed by atoms with E-state index in [1.54, 1.807) is 23.2 Å². The summed E-state index contributed by atoms with van der Waals surface area (Å²) in [6.07, 6.45) is 5.75. The van der Waals surface area contributed by atoms with Gasteiger partial charge in [-0.3, -0.25) is 0 Å². The van der Waals surface area contributed by atoms with Crippen LogP contribution in [0.1, 0.15) is 26.7 Å². The van der Waals surface area contributed by atoms with E-state index in [2.05, 4.69) is 25.6 Å². The van der Waals surface area contributed by atoms with Gasteiger partial charge in [-0.25, -0.2) is 18.9 Å². The lowest BCUT2D eigenvalue weighted by Gasteiger charge is -2.46. The number of carbonyl (C=O) groups is 1. The summed E-state index contributed by atoms with van der Waals surface area (Å²) in [5.41, 5.74) is 0.400. The Labute approximate surface area is 224 Å². The highest BCUT2D eigenvalue weighted by Crippen LogP contribution is 2.41. The molecule has 3 aromatic rings. The molecule has 2 aromatic heterocycles. The maximum atomic E-state index is 15.0. The lowest BCUT2D eigenvalue weighted by molar-refractivity contribution is -0.112. The van der Waals surface area contributed by atoms with Crippen LogP contribution in [0.5, 0.6) is 11.6 Å². The van der Waals surface area contributed by atoms with Crippen molar-refractivity contribution in [1.29, 1.82) is 0 Å². The lowest BCUT2D eigenvalue weighted by Crippen LogP contribution is -2.59. The minimum atomic E-state index is -0.502. The van der Waals surface area contributed by atoms with Crippen LogP contribution in [0.25, 0.3) is 5.69 Å². The van der Waals surface area contributed by atoms with Crippen LogP contribution in [0.4, 0.5) is 20.7 Å². The number of piperidine rings is 1. The molecule has 3 aliphatic rings. The number of likely N-dealkylation sites (tertiary alicyclic amines) is 1. The highest BCUT2D eigenvalue weighted by Gasteiger charge is 2.47. The van der Waals surface area contributed by atoms with Gasteiger partial charge < -0.3 is 29.2 Å². The van der Waals surface area contributed by atoms with Crippen molar-refractivity contribution >= 4 is 17.6 Å². The topological polar surface area (TPSA) is 126 Å². The number of aromatic nitrogens is 5. The minimum Gasteiger partial charge on any atom is -0.486 e. The van der Waals surface area contributed by atoms with Gasteiger partial charge in [-0.05, 0) is 38.8 Å². The van der Waals surface area contributed by atoms with Crippen molar-refractivity contribution in [2.24, 2.45) is 11.8 Å². The van der Waals surface area contributed by atoms with Crippen molar-refractivity contribution in [3.8, 4) is 17.3 Å². The standard InChI is InChI=1S/C26H30FN7O5/c1-3-37-22-23(31-20-5-4-18(10-19(20)27)34-9-8-30-32-34)28-15-29-24(22)38-21-16-11-33(12-17(21)14-36-13-16)25(35)39-26(2)6-7-26/h4-5,8-10,15-17,21H,3,6-7,11-14H2,1-2H3,(H,28,29,31). The van der Waals surface area contributed by atoms with Crippen LogP contribution >= 0.6 is 0 Å². The van der Waals surface area contributed by atoms with E-state index in [0.29, 0.717) is 38.6 Å².